The van der Waals surface area contributed by atoms with Crippen LogP contribution in [0.4, 0.5) is 5.69 Å². The van der Waals surface area contributed by atoms with Crippen LogP contribution in [-0.2, 0) is 16.1 Å². The Balaban J connectivity index is 1.43. The van der Waals surface area contributed by atoms with Gasteiger partial charge in [0.05, 0.1) is 29.6 Å². The van der Waals surface area contributed by atoms with Gasteiger partial charge in [-0.15, -0.1) is 11.3 Å². The number of anilines is 1. The molecule has 0 aliphatic carbocycles. The average Bonchev–Trinajstić information content (AvgIpc) is 3.24. The van der Waals surface area contributed by atoms with Crippen LogP contribution >= 0.6 is 34.5 Å². The van der Waals surface area contributed by atoms with Crippen molar-refractivity contribution in [1.82, 2.24) is 9.80 Å². The Hall–Kier alpha value is -1.64. The van der Waals surface area contributed by atoms with E-state index in [1.54, 1.807) is 29.5 Å². The maximum absolute atomic E-state index is 13.1. The fraction of sp³-hybridized carbons (Fsp3) is 0.400. The molecule has 1 unspecified atom stereocenters. The molecular weight excluding hydrogens is 433 g/mol. The molecule has 2 aliphatic rings. The van der Waals surface area contributed by atoms with Gasteiger partial charge in [-0.1, -0.05) is 23.2 Å². The molecule has 0 spiro atoms. The number of amides is 2. The zero-order chi connectivity index (χ0) is 20.5. The van der Waals surface area contributed by atoms with Gasteiger partial charge in [0.1, 0.15) is 5.75 Å². The number of carbonyl (C=O) groups is 2. The number of nitrogens with zero attached hydrogens (tertiary/aromatic N) is 3. The third-order valence-electron chi connectivity index (χ3n) is 5.36. The Morgan fingerprint density at radius 2 is 1.86 bits per heavy atom. The van der Waals surface area contributed by atoms with E-state index in [0.717, 1.165) is 37.1 Å². The lowest BCUT2D eigenvalue weighted by Gasteiger charge is -2.36. The second-order valence-electron chi connectivity index (χ2n) is 7.12. The quantitative estimate of drug-likeness (QED) is 0.648. The first-order valence-electron chi connectivity index (χ1n) is 9.37. The van der Waals surface area contributed by atoms with Crippen molar-refractivity contribution in [2.75, 3.05) is 38.2 Å². The van der Waals surface area contributed by atoms with E-state index in [9.17, 15) is 9.59 Å². The molecule has 3 heterocycles. The van der Waals surface area contributed by atoms with Gasteiger partial charge in [0.2, 0.25) is 5.91 Å². The SMILES string of the molecule is COc1ccc(Cl)cc1N1C(=O)CC(N2CCN(Cc3ccc(Cl)s3)CC2)C1=O. The summed E-state index contributed by atoms with van der Waals surface area (Å²) in [6, 6.07) is 8.47. The minimum absolute atomic E-state index is 0.176. The monoisotopic (exact) mass is 453 g/mol. The molecule has 2 saturated heterocycles. The number of benzene rings is 1. The molecule has 1 aromatic carbocycles. The zero-order valence-electron chi connectivity index (χ0n) is 15.9. The van der Waals surface area contributed by atoms with Crippen LogP contribution in [0.2, 0.25) is 9.36 Å². The molecule has 2 fully saturated rings. The van der Waals surface area contributed by atoms with Gasteiger partial charge in [-0.3, -0.25) is 19.4 Å². The lowest BCUT2D eigenvalue weighted by Crippen LogP contribution is -2.52. The van der Waals surface area contributed by atoms with Gasteiger partial charge in [0.15, 0.2) is 0 Å². The van der Waals surface area contributed by atoms with Crippen molar-refractivity contribution in [2.45, 2.75) is 19.0 Å². The first-order valence-corrected chi connectivity index (χ1v) is 10.9. The first-order chi connectivity index (χ1) is 14.0. The standard InChI is InChI=1S/C20H21Cl2N3O3S/c1-28-17-4-2-13(21)10-15(17)25-19(26)11-16(20(25)27)24-8-6-23(7-9-24)12-14-3-5-18(22)29-14/h2-5,10,16H,6-9,11-12H2,1H3. The third-order valence-corrected chi connectivity index (χ3v) is 6.81. The lowest BCUT2D eigenvalue weighted by atomic mass is 10.1. The first kappa shape index (κ1) is 20.6. The van der Waals surface area contributed by atoms with Crippen LogP contribution in [0, 0.1) is 0 Å². The van der Waals surface area contributed by atoms with Gasteiger partial charge >= 0.3 is 0 Å². The fourth-order valence-corrected chi connectivity index (χ4v) is 5.18. The highest BCUT2D eigenvalue weighted by molar-refractivity contribution is 7.16. The summed E-state index contributed by atoms with van der Waals surface area (Å²) in [5.41, 5.74) is 0.408. The van der Waals surface area contributed by atoms with Crippen LogP contribution in [0.5, 0.6) is 5.75 Å². The number of carbonyl (C=O) groups excluding carboxylic acids is 2. The molecule has 1 aromatic heterocycles. The molecule has 0 N–H and O–H groups in total. The van der Waals surface area contributed by atoms with E-state index >= 15 is 0 Å². The van der Waals surface area contributed by atoms with Crippen LogP contribution in [0.25, 0.3) is 0 Å². The zero-order valence-corrected chi connectivity index (χ0v) is 18.3. The van der Waals surface area contributed by atoms with Crippen LogP contribution in [-0.4, -0.2) is 60.9 Å². The number of hydrogen-bond acceptors (Lipinski definition) is 6. The smallest absolute Gasteiger partial charge is 0.251 e. The highest BCUT2D eigenvalue weighted by Gasteiger charge is 2.44. The normalized spacial score (nSPS) is 21.2. The van der Waals surface area contributed by atoms with Crippen molar-refractivity contribution in [1.29, 1.82) is 0 Å². The summed E-state index contributed by atoms with van der Waals surface area (Å²) >= 11 is 13.7. The summed E-state index contributed by atoms with van der Waals surface area (Å²) in [5, 5.41) is 0.451. The van der Waals surface area contributed by atoms with Crippen molar-refractivity contribution in [3.05, 3.63) is 44.6 Å². The summed E-state index contributed by atoms with van der Waals surface area (Å²) in [5.74, 6) is 0.0152. The largest absolute Gasteiger partial charge is 0.495 e. The van der Waals surface area contributed by atoms with Crippen LogP contribution in [0.3, 0.4) is 0 Å². The average molecular weight is 454 g/mol. The van der Waals surface area contributed by atoms with Gasteiger partial charge in [-0.25, -0.2) is 4.90 Å². The molecule has 2 amide bonds. The van der Waals surface area contributed by atoms with E-state index in [4.69, 9.17) is 27.9 Å². The number of piperazine rings is 1. The molecule has 29 heavy (non-hydrogen) atoms. The summed E-state index contributed by atoms with van der Waals surface area (Å²) in [6.45, 7) is 4.02. The van der Waals surface area contributed by atoms with E-state index in [1.165, 1.54) is 16.9 Å². The minimum atomic E-state index is -0.440. The number of halogens is 2. The van der Waals surface area contributed by atoms with Crippen LogP contribution < -0.4 is 9.64 Å². The molecule has 6 nitrogen and oxygen atoms in total. The highest BCUT2D eigenvalue weighted by Crippen LogP contribution is 2.35. The molecule has 0 bridgehead atoms. The number of ether oxygens (including phenoxy) is 1. The van der Waals surface area contributed by atoms with E-state index < -0.39 is 6.04 Å². The Kier molecular flexibility index (Phi) is 6.13. The number of imide groups is 1. The number of methoxy groups -OCH3 is 1. The van der Waals surface area contributed by atoms with Crippen molar-refractivity contribution >= 4 is 52.0 Å². The molecule has 0 saturated carbocycles. The Labute approximate surface area is 183 Å². The molecule has 2 aliphatic heterocycles. The predicted molar refractivity (Wildman–Crippen MR) is 115 cm³/mol. The summed E-state index contributed by atoms with van der Waals surface area (Å²) in [7, 11) is 1.51. The second-order valence-corrected chi connectivity index (χ2v) is 9.36. The fourth-order valence-electron chi connectivity index (χ4n) is 3.88. The molecular formula is C20H21Cl2N3O3S. The second kappa shape index (κ2) is 8.62. The number of rotatable bonds is 5. The van der Waals surface area contributed by atoms with E-state index in [2.05, 4.69) is 15.9 Å². The molecule has 0 radical (unpaired) electrons. The van der Waals surface area contributed by atoms with Crippen molar-refractivity contribution in [3.63, 3.8) is 0 Å². The van der Waals surface area contributed by atoms with Crippen LogP contribution in [0.1, 0.15) is 11.3 Å². The molecule has 9 heteroatoms. The van der Waals surface area contributed by atoms with E-state index in [1.807, 2.05) is 6.07 Å². The van der Waals surface area contributed by atoms with Crippen LogP contribution in [0.15, 0.2) is 30.3 Å². The predicted octanol–water partition coefficient (Wildman–Crippen LogP) is 3.51. The van der Waals surface area contributed by atoms with Gasteiger partial charge in [-0.2, -0.15) is 0 Å². The third kappa shape index (κ3) is 4.29. The number of thiophene rings is 1. The molecule has 154 valence electrons. The van der Waals surface area contributed by atoms with E-state index in [-0.39, 0.29) is 18.2 Å². The molecule has 4 rings (SSSR count). The molecule has 1 atom stereocenters. The Bertz CT molecular complexity index is 927. The minimum Gasteiger partial charge on any atom is -0.495 e. The van der Waals surface area contributed by atoms with Gasteiger partial charge in [0, 0.05) is 42.6 Å². The van der Waals surface area contributed by atoms with Gasteiger partial charge in [0.25, 0.3) is 5.91 Å². The van der Waals surface area contributed by atoms with Gasteiger partial charge < -0.3 is 4.74 Å². The topological polar surface area (TPSA) is 53.1 Å². The maximum atomic E-state index is 13.1. The summed E-state index contributed by atoms with van der Waals surface area (Å²) < 4.78 is 6.13. The Morgan fingerprint density at radius 3 is 2.52 bits per heavy atom. The van der Waals surface area contributed by atoms with Crippen molar-refractivity contribution < 1.29 is 14.3 Å². The lowest BCUT2D eigenvalue weighted by molar-refractivity contribution is -0.123. The molecule has 2 aromatic rings. The van der Waals surface area contributed by atoms with Crippen molar-refractivity contribution in [3.8, 4) is 5.75 Å². The van der Waals surface area contributed by atoms with Gasteiger partial charge in [-0.05, 0) is 30.3 Å². The Morgan fingerprint density at radius 1 is 1.10 bits per heavy atom. The summed E-state index contributed by atoms with van der Waals surface area (Å²) in [4.78, 5) is 32.7. The number of hydrogen-bond donors (Lipinski definition) is 0. The highest BCUT2D eigenvalue weighted by atomic mass is 35.5. The van der Waals surface area contributed by atoms with E-state index in [0.29, 0.717) is 16.5 Å². The maximum Gasteiger partial charge on any atom is 0.251 e. The summed E-state index contributed by atoms with van der Waals surface area (Å²) in [6.07, 6.45) is 0.176. The van der Waals surface area contributed by atoms with Crippen molar-refractivity contribution in [2.24, 2.45) is 0 Å².